The standard InChI is InChI=1S/C14H19N3O3/c15-7-2-1-6-13(18)16-11-4-3-5-12(10-11)17-8-9-20-14(17)19/h3-5,10H,1-2,6-9,15H2,(H,16,18). The number of amides is 2. The maximum Gasteiger partial charge on any atom is 0.414 e. The van der Waals surface area contributed by atoms with Crippen molar-refractivity contribution in [3.8, 4) is 0 Å². The first-order valence-electron chi connectivity index (χ1n) is 6.75. The Morgan fingerprint density at radius 3 is 2.95 bits per heavy atom. The van der Waals surface area contributed by atoms with Crippen LogP contribution in [0.1, 0.15) is 19.3 Å². The van der Waals surface area contributed by atoms with E-state index in [1.807, 2.05) is 6.07 Å². The highest BCUT2D eigenvalue weighted by Crippen LogP contribution is 2.22. The number of ether oxygens (including phenoxy) is 1. The van der Waals surface area contributed by atoms with E-state index in [4.69, 9.17) is 10.5 Å². The molecule has 1 saturated heterocycles. The Hall–Kier alpha value is -2.08. The summed E-state index contributed by atoms with van der Waals surface area (Å²) in [4.78, 5) is 24.8. The highest BCUT2D eigenvalue weighted by molar-refractivity contribution is 5.93. The summed E-state index contributed by atoms with van der Waals surface area (Å²) in [6.45, 7) is 1.53. The number of benzene rings is 1. The maximum atomic E-state index is 11.7. The molecule has 2 amide bonds. The number of cyclic esters (lactones) is 1. The first-order chi connectivity index (χ1) is 9.70. The molecule has 1 fully saturated rings. The summed E-state index contributed by atoms with van der Waals surface area (Å²) in [5.74, 6) is -0.0420. The van der Waals surface area contributed by atoms with Crippen molar-refractivity contribution in [2.45, 2.75) is 19.3 Å². The quantitative estimate of drug-likeness (QED) is 0.775. The zero-order chi connectivity index (χ0) is 14.4. The number of nitrogens with zero attached hydrogens (tertiary/aromatic N) is 1. The van der Waals surface area contributed by atoms with Gasteiger partial charge in [0, 0.05) is 17.8 Å². The molecule has 1 aromatic rings. The summed E-state index contributed by atoms with van der Waals surface area (Å²) in [7, 11) is 0. The van der Waals surface area contributed by atoms with Crippen LogP contribution in [-0.4, -0.2) is 31.7 Å². The van der Waals surface area contributed by atoms with E-state index in [-0.39, 0.29) is 12.0 Å². The molecule has 1 heterocycles. The van der Waals surface area contributed by atoms with E-state index in [9.17, 15) is 9.59 Å². The van der Waals surface area contributed by atoms with Gasteiger partial charge in [0.05, 0.1) is 6.54 Å². The number of hydrogen-bond donors (Lipinski definition) is 2. The molecule has 0 saturated carbocycles. The van der Waals surface area contributed by atoms with Crippen LogP contribution in [0, 0.1) is 0 Å². The molecule has 6 nitrogen and oxygen atoms in total. The molecule has 1 aliphatic heterocycles. The Kier molecular flexibility index (Phi) is 4.95. The maximum absolute atomic E-state index is 11.7. The molecule has 20 heavy (non-hydrogen) atoms. The largest absolute Gasteiger partial charge is 0.447 e. The molecule has 0 atom stereocenters. The summed E-state index contributed by atoms with van der Waals surface area (Å²) in [6.07, 6.45) is 1.72. The fourth-order valence-corrected chi connectivity index (χ4v) is 2.03. The van der Waals surface area contributed by atoms with Gasteiger partial charge in [-0.25, -0.2) is 4.79 Å². The van der Waals surface area contributed by atoms with Crippen LogP contribution in [0.5, 0.6) is 0 Å². The lowest BCUT2D eigenvalue weighted by Gasteiger charge is -2.14. The monoisotopic (exact) mass is 277 g/mol. The molecule has 1 aromatic carbocycles. The van der Waals surface area contributed by atoms with Crippen LogP contribution in [0.25, 0.3) is 0 Å². The molecule has 0 radical (unpaired) electrons. The van der Waals surface area contributed by atoms with Gasteiger partial charge in [-0.15, -0.1) is 0 Å². The third-order valence-electron chi connectivity index (χ3n) is 3.06. The number of anilines is 2. The normalized spacial score (nSPS) is 14.2. The third kappa shape index (κ3) is 3.71. The van der Waals surface area contributed by atoms with E-state index in [1.54, 1.807) is 23.1 Å². The molecule has 0 aromatic heterocycles. The molecule has 6 heteroatoms. The van der Waals surface area contributed by atoms with Gasteiger partial charge in [-0.2, -0.15) is 0 Å². The average molecular weight is 277 g/mol. The minimum atomic E-state index is -0.351. The second kappa shape index (κ2) is 6.91. The van der Waals surface area contributed by atoms with Gasteiger partial charge in [-0.05, 0) is 37.6 Å². The van der Waals surface area contributed by atoms with Crippen molar-refractivity contribution in [3.05, 3.63) is 24.3 Å². The van der Waals surface area contributed by atoms with Crippen LogP contribution in [0.2, 0.25) is 0 Å². The predicted molar refractivity (Wildman–Crippen MR) is 76.7 cm³/mol. The number of hydrogen-bond acceptors (Lipinski definition) is 4. The van der Waals surface area contributed by atoms with E-state index < -0.39 is 0 Å². The molecular formula is C14H19N3O3. The van der Waals surface area contributed by atoms with Gasteiger partial charge < -0.3 is 15.8 Å². The second-order valence-electron chi connectivity index (χ2n) is 4.61. The van der Waals surface area contributed by atoms with Crippen molar-refractivity contribution in [1.29, 1.82) is 0 Å². The third-order valence-corrected chi connectivity index (χ3v) is 3.06. The van der Waals surface area contributed by atoms with Gasteiger partial charge in [0.2, 0.25) is 5.91 Å². The number of unbranched alkanes of at least 4 members (excludes halogenated alkanes) is 1. The zero-order valence-corrected chi connectivity index (χ0v) is 11.3. The highest BCUT2D eigenvalue weighted by atomic mass is 16.6. The average Bonchev–Trinajstić information content (AvgIpc) is 2.85. The van der Waals surface area contributed by atoms with Crippen molar-refractivity contribution in [2.24, 2.45) is 5.73 Å². The minimum absolute atomic E-state index is 0.0420. The summed E-state index contributed by atoms with van der Waals surface area (Å²) in [5, 5.41) is 2.82. The second-order valence-corrected chi connectivity index (χ2v) is 4.61. The molecule has 0 bridgehead atoms. The van der Waals surface area contributed by atoms with Gasteiger partial charge in [-0.1, -0.05) is 6.07 Å². The van der Waals surface area contributed by atoms with E-state index in [0.717, 1.165) is 18.5 Å². The summed E-state index contributed by atoms with van der Waals surface area (Å²) < 4.78 is 4.89. The van der Waals surface area contributed by atoms with Gasteiger partial charge >= 0.3 is 6.09 Å². The first-order valence-corrected chi connectivity index (χ1v) is 6.75. The van der Waals surface area contributed by atoms with E-state index >= 15 is 0 Å². The van der Waals surface area contributed by atoms with Crippen LogP contribution >= 0.6 is 0 Å². The molecule has 1 aliphatic rings. The zero-order valence-electron chi connectivity index (χ0n) is 11.3. The van der Waals surface area contributed by atoms with Crippen molar-refractivity contribution in [2.75, 3.05) is 29.9 Å². The highest BCUT2D eigenvalue weighted by Gasteiger charge is 2.23. The molecule has 108 valence electrons. The summed E-state index contributed by atoms with van der Waals surface area (Å²) in [5.41, 5.74) is 6.80. The van der Waals surface area contributed by atoms with Crippen molar-refractivity contribution in [1.82, 2.24) is 0 Å². The Morgan fingerprint density at radius 1 is 1.40 bits per heavy atom. The molecule has 0 unspecified atom stereocenters. The Balaban J connectivity index is 1.95. The number of rotatable bonds is 6. The van der Waals surface area contributed by atoms with Crippen molar-refractivity contribution in [3.63, 3.8) is 0 Å². The molecule has 0 spiro atoms. The van der Waals surface area contributed by atoms with Crippen LogP contribution < -0.4 is 16.0 Å². The van der Waals surface area contributed by atoms with Gasteiger partial charge in [0.1, 0.15) is 6.61 Å². The SMILES string of the molecule is NCCCCC(=O)Nc1cccc(N2CCOC2=O)c1. The lowest BCUT2D eigenvalue weighted by Crippen LogP contribution is -2.23. The smallest absolute Gasteiger partial charge is 0.414 e. The van der Waals surface area contributed by atoms with Gasteiger partial charge in [0.15, 0.2) is 0 Å². The molecule has 2 rings (SSSR count). The number of nitrogens with two attached hydrogens (primary N) is 1. The van der Waals surface area contributed by atoms with E-state index in [0.29, 0.717) is 31.8 Å². The lowest BCUT2D eigenvalue weighted by atomic mass is 10.2. The molecule has 0 aliphatic carbocycles. The number of carbonyl (C=O) groups is 2. The molecular weight excluding hydrogens is 258 g/mol. The molecule has 3 N–H and O–H groups in total. The van der Waals surface area contributed by atoms with Crippen molar-refractivity contribution >= 4 is 23.4 Å². The summed E-state index contributed by atoms with van der Waals surface area (Å²) >= 11 is 0. The van der Waals surface area contributed by atoms with Crippen LogP contribution in [0.4, 0.5) is 16.2 Å². The number of nitrogens with one attached hydrogen (secondary N) is 1. The Labute approximate surface area is 117 Å². The lowest BCUT2D eigenvalue weighted by molar-refractivity contribution is -0.116. The van der Waals surface area contributed by atoms with E-state index in [2.05, 4.69) is 5.32 Å². The van der Waals surface area contributed by atoms with E-state index in [1.165, 1.54) is 0 Å². The number of carbonyl (C=O) groups excluding carboxylic acids is 2. The topological polar surface area (TPSA) is 84.7 Å². The predicted octanol–water partition coefficient (Wildman–Crippen LogP) is 1.71. The fourth-order valence-electron chi connectivity index (χ4n) is 2.03. The fraction of sp³-hybridized carbons (Fsp3) is 0.429. The van der Waals surface area contributed by atoms with Crippen LogP contribution in [0.3, 0.4) is 0 Å². The summed E-state index contributed by atoms with van der Waals surface area (Å²) in [6, 6.07) is 7.19. The first kappa shape index (κ1) is 14.3. The Bertz CT molecular complexity index is 490. The van der Waals surface area contributed by atoms with Gasteiger partial charge in [0.25, 0.3) is 0 Å². The van der Waals surface area contributed by atoms with Gasteiger partial charge in [-0.3, -0.25) is 9.69 Å². The van der Waals surface area contributed by atoms with Crippen LogP contribution in [0.15, 0.2) is 24.3 Å². The van der Waals surface area contributed by atoms with Crippen LogP contribution in [-0.2, 0) is 9.53 Å². The minimum Gasteiger partial charge on any atom is -0.447 e. The Morgan fingerprint density at radius 2 is 2.25 bits per heavy atom. The van der Waals surface area contributed by atoms with Crippen molar-refractivity contribution < 1.29 is 14.3 Å².